The Kier molecular flexibility index (Phi) is 5.67. The highest BCUT2D eigenvalue weighted by atomic mass is 16.5. The van der Waals surface area contributed by atoms with Crippen LogP contribution in [0, 0.1) is 27.7 Å². The van der Waals surface area contributed by atoms with E-state index in [0.29, 0.717) is 6.61 Å². The molecular weight excluding hydrogens is 338 g/mol. The van der Waals surface area contributed by atoms with Gasteiger partial charge in [0.2, 0.25) is 0 Å². The molecule has 0 saturated heterocycles. The third-order valence-corrected chi connectivity index (χ3v) is 5.26. The molecule has 0 spiro atoms. The predicted molar refractivity (Wildman–Crippen MR) is 111 cm³/mol. The van der Waals surface area contributed by atoms with Crippen LogP contribution in [0.15, 0.2) is 12.1 Å². The van der Waals surface area contributed by atoms with E-state index in [0.717, 1.165) is 42.5 Å². The topological polar surface area (TPSA) is 67.5 Å². The Labute approximate surface area is 162 Å². The Morgan fingerprint density at radius 3 is 2.33 bits per heavy atom. The quantitative estimate of drug-likeness (QED) is 0.811. The number of aryl methyl sites for hydroxylation is 4. The lowest BCUT2D eigenvalue weighted by atomic mass is 9.99. The first kappa shape index (κ1) is 19.6. The molecule has 0 amide bonds. The molecule has 0 fully saturated rings. The van der Waals surface area contributed by atoms with Crippen molar-refractivity contribution in [1.29, 1.82) is 0 Å². The van der Waals surface area contributed by atoms with Crippen LogP contribution >= 0.6 is 0 Å². The van der Waals surface area contributed by atoms with Gasteiger partial charge in [-0.1, -0.05) is 24.6 Å². The van der Waals surface area contributed by atoms with Crippen molar-refractivity contribution >= 4 is 17.2 Å². The summed E-state index contributed by atoms with van der Waals surface area (Å²) in [6.45, 7) is 12.7. The van der Waals surface area contributed by atoms with Gasteiger partial charge in [0.1, 0.15) is 11.5 Å². The Balaban J connectivity index is 2.20. The predicted octanol–water partition coefficient (Wildman–Crippen LogP) is 3.68. The van der Waals surface area contributed by atoms with E-state index in [-0.39, 0.29) is 5.92 Å². The third-order valence-electron chi connectivity index (χ3n) is 5.26. The minimum Gasteiger partial charge on any atom is -0.384 e. The molecule has 1 unspecified atom stereocenters. The van der Waals surface area contributed by atoms with Crippen molar-refractivity contribution in [3.05, 3.63) is 40.3 Å². The number of rotatable bonds is 5. The normalized spacial score (nSPS) is 15.1. The fourth-order valence-electron chi connectivity index (χ4n) is 4.15. The molecule has 0 aliphatic carbocycles. The second-order valence-electron chi connectivity index (χ2n) is 7.48. The lowest BCUT2D eigenvalue weighted by Crippen LogP contribution is -2.45. The van der Waals surface area contributed by atoms with E-state index in [4.69, 9.17) is 20.5 Å². The van der Waals surface area contributed by atoms with Crippen LogP contribution in [0.2, 0.25) is 0 Å². The van der Waals surface area contributed by atoms with Crippen molar-refractivity contribution in [1.82, 2.24) is 9.97 Å². The zero-order chi connectivity index (χ0) is 19.7. The molecule has 1 aliphatic rings. The van der Waals surface area contributed by atoms with E-state index in [9.17, 15) is 0 Å². The van der Waals surface area contributed by atoms with Gasteiger partial charge in [-0.2, -0.15) is 0 Å². The van der Waals surface area contributed by atoms with Crippen molar-refractivity contribution in [3.8, 4) is 0 Å². The van der Waals surface area contributed by atoms with E-state index in [1.807, 2.05) is 6.92 Å². The molecule has 1 atom stereocenters. The molecule has 27 heavy (non-hydrogen) atoms. The van der Waals surface area contributed by atoms with E-state index in [1.54, 1.807) is 12.1 Å². The molecule has 6 nitrogen and oxygen atoms in total. The van der Waals surface area contributed by atoms with Crippen LogP contribution in [0.1, 0.15) is 47.5 Å². The molecule has 1 aliphatic heterocycles. The van der Waals surface area contributed by atoms with Gasteiger partial charge >= 0.3 is 0 Å². The molecule has 2 heterocycles. The first-order valence-electron chi connectivity index (χ1n) is 9.62. The van der Waals surface area contributed by atoms with Gasteiger partial charge in [-0.25, -0.2) is 15.8 Å². The molecule has 1 aromatic carbocycles. The summed E-state index contributed by atoms with van der Waals surface area (Å²) in [5.74, 6) is 8.27. The largest absolute Gasteiger partial charge is 0.384 e. The number of nitrogens with two attached hydrogens (primary N) is 1. The standard InChI is InChI=1S/C21H31N5O/c1-7-17(12-27-6)18-20-21(24-16(5)23-18)25(8-9-26(20)22)19-14(3)10-13(2)11-15(19)4/h10-11,17H,7-9,12,22H2,1-6H3. The summed E-state index contributed by atoms with van der Waals surface area (Å²) in [4.78, 5) is 11.9. The van der Waals surface area contributed by atoms with Gasteiger partial charge in [-0.05, 0) is 45.2 Å². The first-order valence-corrected chi connectivity index (χ1v) is 9.62. The van der Waals surface area contributed by atoms with Gasteiger partial charge in [0.15, 0.2) is 5.82 Å². The molecule has 3 rings (SSSR count). The van der Waals surface area contributed by atoms with Crippen molar-refractivity contribution in [2.24, 2.45) is 5.84 Å². The number of hydrogen-bond donors (Lipinski definition) is 1. The number of aromatic nitrogens is 2. The summed E-state index contributed by atoms with van der Waals surface area (Å²) in [5, 5.41) is 1.80. The van der Waals surface area contributed by atoms with Crippen LogP contribution in [0.4, 0.5) is 17.2 Å². The maximum absolute atomic E-state index is 6.41. The summed E-state index contributed by atoms with van der Waals surface area (Å²) in [6, 6.07) is 4.46. The monoisotopic (exact) mass is 369 g/mol. The SMILES string of the molecule is CCC(COC)c1nc(C)nc2c1N(N)CCN2c1c(C)cc(C)cc1C. The number of anilines is 3. The summed E-state index contributed by atoms with van der Waals surface area (Å²) in [7, 11) is 1.73. The summed E-state index contributed by atoms with van der Waals surface area (Å²) in [6.07, 6.45) is 0.938. The first-order chi connectivity index (χ1) is 12.9. The van der Waals surface area contributed by atoms with Gasteiger partial charge in [-0.3, -0.25) is 0 Å². The zero-order valence-corrected chi connectivity index (χ0v) is 17.3. The lowest BCUT2D eigenvalue weighted by Gasteiger charge is -2.38. The van der Waals surface area contributed by atoms with Crippen molar-refractivity contribution in [3.63, 3.8) is 0 Å². The van der Waals surface area contributed by atoms with E-state index in [2.05, 4.69) is 44.7 Å². The van der Waals surface area contributed by atoms with Crippen LogP contribution < -0.4 is 15.8 Å². The number of ether oxygens (including phenoxy) is 1. The number of methoxy groups -OCH3 is 1. The summed E-state index contributed by atoms with van der Waals surface area (Å²) >= 11 is 0. The molecule has 0 bridgehead atoms. The Hall–Kier alpha value is -2.18. The third kappa shape index (κ3) is 3.64. The highest BCUT2D eigenvalue weighted by molar-refractivity contribution is 5.80. The molecule has 0 saturated carbocycles. The minimum absolute atomic E-state index is 0.191. The second kappa shape index (κ2) is 7.82. The van der Waals surface area contributed by atoms with E-state index >= 15 is 0 Å². The van der Waals surface area contributed by atoms with Gasteiger partial charge in [0, 0.05) is 25.3 Å². The number of hydrazine groups is 1. The van der Waals surface area contributed by atoms with E-state index in [1.165, 1.54) is 22.4 Å². The summed E-state index contributed by atoms with van der Waals surface area (Å²) < 4.78 is 5.44. The van der Waals surface area contributed by atoms with Crippen molar-refractivity contribution in [2.75, 3.05) is 36.7 Å². The highest BCUT2D eigenvalue weighted by Gasteiger charge is 2.31. The Morgan fingerprint density at radius 1 is 1.07 bits per heavy atom. The Morgan fingerprint density at radius 2 is 1.74 bits per heavy atom. The average Bonchev–Trinajstić information content (AvgIpc) is 2.60. The zero-order valence-electron chi connectivity index (χ0n) is 17.3. The highest BCUT2D eigenvalue weighted by Crippen LogP contribution is 2.42. The molecule has 0 radical (unpaired) electrons. The fourth-order valence-corrected chi connectivity index (χ4v) is 4.15. The molecule has 6 heteroatoms. The van der Waals surface area contributed by atoms with Crippen LogP contribution in [-0.2, 0) is 4.74 Å². The average molecular weight is 370 g/mol. The van der Waals surface area contributed by atoms with Gasteiger partial charge < -0.3 is 14.6 Å². The maximum Gasteiger partial charge on any atom is 0.162 e. The Bertz CT molecular complexity index is 813. The van der Waals surface area contributed by atoms with Crippen molar-refractivity contribution in [2.45, 2.75) is 47.0 Å². The summed E-state index contributed by atoms with van der Waals surface area (Å²) in [5.41, 5.74) is 6.92. The second-order valence-corrected chi connectivity index (χ2v) is 7.48. The number of nitrogens with zero attached hydrogens (tertiary/aromatic N) is 4. The molecule has 2 N–H and O–H groups in total. The van der Waals surface area contributed by atoms with Gasteiger partial charge in [0.25, 0.3) is 0 Å². The van der Waals surface area contributed by atoms with Crippen LogP contribution in [0.5, 0.6) is 0 Å². The van der Waals surface area contributed by atoms with Crippen LogP contribution in [0.25, 0.3) is 0 Å². The van der Waals surface area contributed by atoms with Crippen LogP contribution in [-0.4, -0.2) is 36.8 Å². The molecule has 1 aromatic heterocycles. The minimum atomic E-state index is 0.191. The van der Waals surface area contributed by atoms with E-state index < -0.39 is 0 Å². The van der Waals surface area contributed by atoms with Gasteiger partial charge in [-0.15, -0.1) is 0 Å². The lowest BCUT2D eigenvalue weighted by molar-refractivity contribution is 0.176. The number of fused-ring (bicyclic) bond motifs is 1. The smallest absolute Gasteiger partial charge is 0.162 e. The fraction of sp³-hybridized carbons (Fsp3) is 0.524. The van der Waals surface area contributed by atoms with Crippen molar-refractivity contribution < 1.29 is 4.74 Å². The number of hydrogen-bond acceptors (Lipinski definition) is 6. The molecule has 146 valence electrons. The van der Waals surface area contributed by atoms with Gasteiger partial charge in [0.05, 0.1) is 18.8 Å². The number of benzene rings is 1. The van der Waals surface area contributed by atoms with Crippen LogP contribution in [0.3, 0.4) is 0 Å². The molecular formula is C21H31N5O. The molecule has 2 aromatic rings. The maximum atomic E-state index is 6.41.